The number of amides is 3. The number of nitrogens with zero attached hydrogens (tertiary/aromatic N) is 4. The third-order valence-corrected chi connectivity index (χ3v) is 5.10. The summed E-state index contributed by atoms with van der Waals surface area (Å²) in [6.45, 7) is 6.94. The minimum Gasteiger partial charge on any atom is -0.438 e. The maximum atomic E-state index is 12.8. The van der Waals surface area contributed by atoms with Gasteiger partial charge >= 0.3 is 6.03 Å². The average Bonchev–Trinajstić information content (AvgIpc) is 3.27. The van der Waals surface area contributed by atoms with Crippen LogP contribution >= 0.6 is 0 Å². The van der Waals surface area contributed by atoms with Gasteiger partial charge in [-0.3, -0.25) is 4.79 Å². The molecule has 156 valence electrons. The van der Waals surface area contributed by atoms with E-state index in [0.29, 0.717) is 42.5 Å². The Morgan fingerprint density at radius 3 is 2.38 bits per heavy atom. The SMILES string of the molecule is Cc1ncoc1C(=O)N1CCOC2(CN(C(=O)Nc3c(C)noc3C)CCO2)C1. The Bertz CT molecular complexity index is 900. The quantitative estimate of drug-likeness (QED) is 0.794. The first-order chi connectivity index (χ1) is 13.9. The van der Waals surface area contributed by atoms with Crippen molar-refractivity contribution in [3.05, 3.63) is 29.3 Å². The molecule has 0 saturated carbocycles. The number of nitrogens with one attached hydrogen (secondary N) is 1. The van der Waals surface area contributed by atoms with Gasteiger partial charge < -0.3 is 33.5 Å². The smallest absolute Gasteiger partial charge is 0.322 e. The summed E-state index contributed by atoms with van der Waals surface area (Å²) in [6, 6.07) is -0.305. The Morgan fingerprint density at radius 1 is 1.07 bits per heavy atom. The highest BCUT2D eigenvalue weighted by molar-refractivity contribution is 5.92. The van der Waals surface area contributed by atoms with E-state index in [1.165, 1.54) is 6.39 Å². The summed E-state index contributed by atoms with van der Waals surface area (Å²) in [5.74, 6) is -0.628. The largest absolute Gasteiger partial charge is 0.438 e. The highest BCUT2D eigenvalue weighted by Gasteiger charge is 2.45. The van der Waals surface area contributed by atoms with Crippen LogP contribution in [0.3, 0.4) is 0 Å². The van der Waals surface area contributed by atoms with Crippen LogP contribution in [-0.4, -0.2) is 77.1 Å². The highest BCUT2D eigenvalue weighted by Crippen LogP contribution is 2.27. The van der Waals surface area contributed by atoms with E-state index in [-0.39, 0.29) is 37.4 Å². The van der Waals surface area contributed by atoms with Gasteiger partial charge in [-0.2, -0.15) is 0 Å². The fourth-order valence-corrected chi connectivity index (χ4v) is 3.54. The van der Waals surface area contributed by atoms with Gasteiger partial charge in [0, 0.05) is 13.1 Å². The molecule has 0 radical (unpaired) electrons. The summed E-state index contributed by atoms with van der Waals surface area (Å²) in [5, 5.41) is 6.67. The van der Waals surface area contributed by atoms with E-state index < -0.39 is 5.79 Å². The molecule has 2 aromatic rings. The van der Waals surface area contributed by atoms with Crippen LogP contribution < -0.4 is 5.32 Å². The van der Waals surface area contributed by atoms with Crippen molar-refractivity contribution in [1.82, 2.24) is 19.9 Å². The van der Waals surface area contributed by atoms with Crippen molar-refractivity contribution in [3.63, 3.8) is 0 Å². The number of carbonyl (C=O) groups excluding carboxylic acids is 2. The maximum absolute atomic E-state index is 12.8. The van der Waals surface area contributed by atoms with Gasteiger partial charge in [-0.25, -0.2) is 9.78 Å². The second kappa shape index (κ2) is 7.48. The van der Waals surface area contributed by atoms with Crippen LogP contribution in [0, 0.1) is 20.8 Å². The van der Waals surface area contributed by atoms with Crippen LogP contribution in [0.2, 0.25) is 0 Å². The molecule has 1 spiro atoms. The number of aryl methyl sites for hydroxylation is 3. The number of oxazole rings is 1. The zero-order chi connectivity index (χ0) is 20.6. The monoisotopic (exact) mass is 405 g/mol. The molecule has 1 atom stereocenters. The standard InChI is InChI=1S/C18H23N5O6/c1-11-14(13(3)29-21-11)20-17(25)23-5-7-28-18(9-23)8-22(4-6-27-18)16(24)15-12(2)19-10-26-15/h10H,4-9H2,1-3H3,(H,20,25). The first-order valence-electron chi connectivity index (χ1n) is 9.35. The lowest BCUT2D eigenvalue weighted by molar-refractivity contribution is -0.281. The molecule has 0 bridgehead atoms. The molecule has 2 aliphatic heterocycles. The Balaban J connectivity index is 1.46. The molecule has 1 N–H and O–H groups in total. The molecule has 11 heteroatoms. The van der Waals surface area contributed by atoms with Crippen molar-refractivity contribution in [2.75, 3.05) is 44.7 Å². The van der Waals surface area contributed by atoms with Crippen LogP contribution in [0.1, 0.15) is 27.7 Å². The number of aromatic nitrogens is 2. The van der Waals surface area contributed by atoms with E-state index in [1.54, 1.807) is 30.6 Å². The van der Waals surface area contributed by atoms with Gasteiger partial charge in [-0.05, 0) is 20.8 Å². The van der Waals surface area contributed by atoms with E-state index in [0.717, 1.165) is 0 Å². The molecule has 0 aliphatic carbocycles. The molecule has 2 fully saturated rings. The van der Waals surface area contributed by atoms with E-state index in [1.807, 2.05) is 0 Å². The van der Waals surface area contributed by atoms with Crippen LogP contribution in [-0.2, 0) is 9.47 Å². The van der Waals surface area contributed by atoms with Crippen molar-refractivity contribution in [1.29, 1.82) is 0 Å². The Morgan fingerprint density at radius 2 is 1.76 bits per heavy atom. The topological polar surface area (TPSA) is 123 Å². The van der Waals surface area contributed by atoms with Crippen molar-refractivity contribution < 1.29 is 28.0 Å². The molecule has 2 saturated heterocycles. The van der Waals surface area contributed by atoms with Gasteiger partial charge in [0.05, 0.1) is 32.0 Å². The maximum Gasteiger partial charge on any atom is 0.322 e. The molecule has 29 heavy (non-hydrogen) atoms. The number of morpholine rings is 2. The Hall–Kier alpha value is -2.92. The third-order valence-electron chi connectivity index (χ3n) is 5.10. The zero-order valence-electron chi connectivity index (χ0n) is 16.6. The normalized spacial score (nSPS) is 22.2. The first-order valence-corrected chi connectivity index (χ1v) is 9.35. The fraction of sp³-hybridized carbons (Fsp3) is 0.556. The van der Waals surface area contributed by atoms with Crippen molar-refractivity contribution in [2.45, 2.75) is 26.6 Å². The number of hydrogen-bond donors (Lipinski definition) is 1. The van der Waals surface area contributed by atoms with Crippen molar-refractivity contribution in [3.8, 4) is 0 Å². The van der Waals surface area contributed by atoms with E-state index >= 15 is 0 Å². The van der Waals surface area contributed by atoms with Gasteiger partial charge in [-0.15, -0.1) is 0 Å². The lowest BCUT2D eigenvalue weighted by atomic mass is 10.1. The van der Waals surface area contributed by atoms with Crippen molar-refractivity contribution >= 4 is 17.6 Å². The number of anilines is 1. The molecule has 3 amide bonds. The number of rotatable bonds is 2. The number of hydrogen-bond acceptors (Lipinski definition) is 8. The molecular weight excluding hydrogens is 382 g/mol. The summed E-state index contributed by atoms with van der Waals surface area (Å²) in [5.41, 5.74) is 1.69. The van der Waals surface area contributed by atoms with Crippen LogP contribution in [0.25, 0.3) is 0 Å². The Kier molecular flexibility index (Phi) is 5.01. The van der Waals surface area contributed by atoms with Crippen LogP contribution in [0.5, 0.6) is 0 Å². The summed E-state index contributed by atoms with van der Waals surface area (Å²) in [7, 11) is 0. The van der Waals surface area contributed by atoms with Gasteiger partial charge in [-0.1, -0.05) is 5.16 Å². The molecule has 11 nitrogen and oxygen atoms in total. The number of ether oxygens (including phenoxy) is 2. The van der Waals surface area contributed by atoms with Gasteiger partial charge in [0.2, 0.25) is 11.5 Å². The molecule has 1 unspecified atom stereocenters. The predicted molar refractivity (Wildman–Crippen MR) is 98.3 cm³/mol. The molecule has 4 heterocycles. The second-order valence-electron chi connectivity index (χ2n) is 7.15. The van der Waals surface area contributed by atoms with Gasteiger partial charge in [0.25, 0.3) is 5.91 Å². The Labute approximate surface area is 166 Å². The molecular formula is C18H23N5O6. The predicted octanol–water partition coefficient (Wildman–Crippen LogP) is 1.32. The molecule has 0 aromatic carbocycles. The summed E-state index contributed by atoms with van der Waals surface area (Å²) >= 11 is 0. The zero-order valence-corrected chi connectivity index (χ0v) is 16.6. The first kappa shape index (κ1) is 19.4. The highest BCUT2D eigenvalue weighted by atomic mass is 16.7. The number of carbonyl (C=O) groups is 2. The van der Waals surface area contributed by atoms with E-state index in [2.05, 4.69) is 15.5 Å². The van der Waals surface area contributed by atoms with Crippen LogP contribution in [0.4, 0.5) is 10.5 Å². The van der Waals surface area contributed by atoms with Gasteiger partial charge in [0.15, 0.2) is 12.2 Å². The molecule has 2 aliphatic rings. The summed E-state index contributed by atoms with van der Waals surface area (Å²) in [4.78, 5) is 32.7. The van der Waals surface area contributed by atoms with Crippen LogP contribution in [0.15, 0.2) is 15.3 Å². The lowest BCUT2D eigenvalue weighted by Gasteiger charge is -2.47. The second-order valence-corrected chi connectivity index (χ2v) is 7.15. The summed E-state index contributed by atoms with van der Waals surface area (Å²) < 4.78 is 22.1. The fourth-order valence-electron chi connectivity index (χ4n) is 3.54. The molecule has 4 rings (SSSR count). The molecule has 2 aromatic heterocycles. The average molecular weight is 405 g/mol. The summed E-state index contributed by atoms with van der Waals surface area (Å²) in [6.07, 6.45) is 1.25. The number of urea groups is 1. The van der Waals surface area contributed by atoms with E-state index in [9.17, 15) is 9.59 Å². The van der Waals surface area contributed by atoms with Crippen molar-refractivity contribution in [2.24, 2.45) is 0 Å². The minimum atomic E-state index is -1.09. The third kappa shape index (κ3) is 3.70. The van der Waals surface area contributed by atoms with Gasteiger partial charge in [0.1, 0.15) is 11.4 Å². The van der Waals surface area contributed by atoms with E-state index in [4.69, 9.17) is 18.4 Å². The lowest BCUT2D eigenvalue weighted by Crippen LogP contribution is -2.64. The minimum absolute atomic E-state index is 0.182.